The van der Waals surface area contributed by atoms with Gasteiger partial charge in [0.15, 0.2) is 5.16 Å². The Morgan fingerprint density at radius 2 is 1.96 bits per heavy atom. The number of aromatic nitrogens is 2. The fraction of sp³-hybridized carbons (Fsp3) is 0.286. The molecule has 1 atom stereocenters. The number of hydrogen-bond donors (Lipinski definition) is 0. The van der Waals surface area contributed by atoms with E-state index in [-0.39, 0.29) is 11.2 Å². The molecule has 1 aromatic heterocycles. The van der Waals surface area contributed by atoms with Crippen molar-refractivity contribution in [2.75, 3.05) is 11.4 Å². The van der Waals surface area contributed by atoms with E-state index in [1.165, 1.54) is 11.8 Å². The zero-order valence-corrected chi connectivity index (χ0v) is 16.5. The van der Waals surface area contributed by atoms with E-state index in [0.29, 0.717) is 13.0 Å². The number of fused-ring (bicyclic) bond motifs is 1. The third-order valence-electron chi connectivity index (χ3n) is 4.43. The molecule has 1 amide bonds. The number of benzene rings is 2. The summed E-state index contributed by atoms with van der Waals surface area (Å²) in [4.78, 5) is 19.5. The van der Waals surface area contributed by atoms with Crippen LogP contribution < -0.4 is 4.90 Å². The molecule has 1 heterocycles. The van der Waals surface area contributed by atoms with Crippen molar-refractivity contribution in [2.45, 2.75) is 30.7 Å². The van der Waals surface area contributed by atoms with Crippen molar-refractivity contribution in [1.29, 1.82) is 5.26 Å². The molecule has 5 nitrogen and oxygen atoms in total. The Kier molecular flexibility index (Phi) is 5.82. The highest BCUT2D eigenvalue weighted by atomic mass is 32.2. The number of carbonyl (C=O) groups is 1. The number of rotatable bonds is 6. The van der Waals surface area contributed by atoms with E-state index in [4.69, 9.17) is 5.26 Å². The minimum absolute atomic E-state index is 0.0221. The number of aryl methyl sites for hydroxylation is 2. The Hall–Kier alpha value is -2.78. The van der Waals surface area contributed by atoms with Gasteiger partial charge in [-0.3, -0.25) is 4.79 Å². The molecule has 0 N–H and O–H groups in total. The number of nitrogens with zero attached hydrogens (tertiary/aromatic N) is 4. The number of carbonyl (C=O) groups excluding carboxylic acids is 1. The molecule has 0 bridgehead atoms. The van der Waals surface area contributed by atoms with E-state index in [2.05, 4.69) is 11.1 Å². The van der Waals surface area contributed by atoms with Gasteiger partial charge in [0.2, 0.25) is 5.91 Å². The second kappa shape index (κ2) is 8.28. The molecule has 2 aromatic carbocycles. The second-order valence-corrected chi connectivity index (χ2v) is 7.74. The van der Waals surface area contributed by atoms with Crippen molar-refractivity contribution in [2.24, 2.45) is 7.05 Å². The Morgan fingerprint density at radius 3 is 2.63 bits per heavy atom. The lowest BCUT2D eigenvalue weighted by molar-refractivity contribution is -0.117. The van der Waals surface area contributed by atoms with Crippen molar-refractivity contribution in [1.82, 2.24) is 9.55 Å². The molecule has 3 aromatic rings. The quantitative estimate of drug-likeness (QED) is 0.600. The van der Waals surface area contributed by atoms with Gasteiger partial charge in [0.1, 0.15) is 0 Å². The fourth-order valence-corrected chi connectivity index (χ4v) is 3.86. The number of thioether (sulfide) groups is 1. The van der Waals surface area contributed by atoms with Gasteiger partial charge in [-0.25, -0.2) is 4.98 Å². The van der Waals surface area contributed by atoms with Crippen LogP contribution in [0.5, 0.6) is 0 Å². The molecular weight excluding hydrogens is 356 g/mol. The fourth-order valence-electron chi connectivity index (χ4n) is 2.91. The smallest absolute Gasteiger partial charge is 0.240 e. The third-order valence-corrected chi connectivity index (χ3v) is 5.57. The Labute approximate surface area is 163 Å². The standard InChI is InChI=1S/C21H22N4OS/c1-15-9-11-17(12-10-15)25(14-6-13-22)20(26)16(2)27-21-23-18-7-4-5-8-19(18)24(21)3/h4-5,7-12,16H,6,14H2,1-3H3. The summed E-state index contributed by atoms with van der Waals surface area (Å²) < 4.78 is 2.01. The third kappa shape index (κ3) is 4.15. The molecule has 0 fully saturated rings. The second-order valence-electron chi connectivity index (χ2n) is 6.44. The first-order chi connectivity index (χ1) is 13.0. The van der Waals surface area contributed by atoms with Crippen molar-refractivity contribution in [3.8, 4) is 6.07 Å². The summed E-state index contributed by atoms with van der Waals surface area (Å²) >= 11 is 1.44. The van der Waals surface area contributed by atoms with E-state index in [9.17, 15) is 4.79 Å². The molecule has 3 rings (SSSR count). The average Bonchev–Trinajstić information content (AvgIpc) is 2.99. The monoisotopic (exact) mass is 378 g/mol. The van der Waals surface area contributed by atoms with Crippen LogP contribution in [0.3, 0.4) is 0 Å². The number of hydrogen-bond acceptors (Lipinski definition) is 4. The van der Waals surface area contributed by atoms with E-state index < -0.39 is 0 Å². The Morgan fingerprint density at radius 1 is 1.26 bits per heavy atom. The van der Waals surface area contributed by atoms with E-state index in [0.717, 1.165) is 27.4 Å². The zero-order chi connectivity index (χ0) is 19.4. The van der Waals surface area contributed by atoms with Gasteiger partial charge in [-0.1, -0.05) is 41.6 Å². The van der Waals surface area contributed by atoms with Crippen molar-refractivity contribution >= 4 is 34.4 Å². The molecule has 6 heteroatoms. The lowest BCUT2D eigenvalue weighted by Gasteiger charge is -2.25. The normalized spacial score (nSPS) is 11.9. The molecule has 0 spiro atoms. The lowest BCUT2D eigenvalue weighted by atomic mass is 10.2. The molecule has 27 heavy (non-hydrogen) atoms. The molecule has 0 aliphatic carbocycles. The van der Waals surface area contributed by atoms with Gasteiger partial charge in [-0.15, -0.1) is 0 Å². The summed E-state index contributed by atoms with van der Waals surface area (Å²) in [5.74, 6) is -0.0221. The first-order valence-corrected chi connectivity index (χ1v) is 9.72. The van der Waals surface area contributed by atoms with Gasteiger partial charge >= 0.3 is 0 Å². The summed E-state index contributed by atoms with van der Waals surface area (Å²) in [6.07, 6.45) is 0.295. The van der Waals surface area contributed by atoms with E-state index in [1.54, 1.807) is 4.90 Å². The van der Waals surface area contributed by atoms with Crippen LogP contribution in [0.4, 0.5) is 5.69 Å². The van der Waals surface area contributed by atoms with Gasteiger partial charge in [0.05, 0.1) is 28.8 Å². The van der Waals surface area contributed by atoms with Crippen molar-refractivity contribution < 1.29 is 4.79 Å². The first-order valence-electron chi connectivity index (χ1n) is 8.84. The summed E-state index contributed by atoms with van der Waals surface area (Å²) in [6.45, 7) is 4.28. The van der Waals surface area contributed by atoms with Gasteiger partial charge in [-0.05, 0) is 38.1 Å². The minimum Gasteiger partial charge on any atom is -0.322 e. The van der Waals surface area contributed by atoms with Crippen LogP contribution in [-0.2, 0) is 11.8 Å². The average molecular weight is 379 g/mol. The Bertz CT molecular complexity index is 988. The summed E-state index contributed by atoms with van der Waals surface area (Å²) in [7, 11) is 1.96. The number of amides is 1. The molecule has 0 aliphatic rings. The van der Waals surface area contributed by atoms with E-state index in [1.807, 2.05) is 74.0 Å². The molecule has 0 aliphatic heterocycles. The predicted octanol–water partition coefficient (Wildman–Crippen LogP) is 4.31. The number of anilines is 1. The molecule has 1 unspecified atom stereocenters. The Balaban J connectivity index is 1.83. The van der Waals surface area contributed by atoms with E-state index >= 15 is 0 Å². The highest BCUT2D eigenvalue weighted by Gasteiger charge is 2.24. The number of imidazole rings is 1. The first kappa shape index (κ1) is 19.0. The van der Waals surface area contributed by atoms with Crippen LogP contribution in [-0.4, -0.2) is 27.3 Å². The van der Waals surface area contributed by atoms with Gasteiger partial charge < -0.3 is 9.47 Å². The summed E-state index contributed by atoms with van der Waals surface area (Å²) in [5.41, 5.74) is 3.91. The topological polar surface area (TPSA) is 61.9 Å². The molecule has 0 saturated carbocycles. The highest BCUT2D eigenvalue weighted by molar-refractivity contribution is 8.00. The highest BCUT2D eigenvalue weighted by Crippen LogP contribution is 2.28. The van der Waals surface area contributed by atoms with Crippen molar-refractivity contribution in [3.05, 3.63) is 54.1 Å². The molecule has 0 saturated heterocycles. The zero-order valence-electron chi connectivity index (χ0n) is 15.7. The number of nitriles is 1. The van der Waals surface area contributed by atoms with Crippen LogP contribution in [0.15, 0.2) is 53.7 Å². The van der Waals surface area contributed by atoms with Crippen molar-refractivity contribution in [3.63, 3.8) is 0 Å². The largest absolute Gasteiger partial charge is 0.322 e. The van der Waals surface area contributed by atoms with Crippen LogP contribution in [0.25, 0.3) is 11.0 Å². The van der Waals surface area contributed by atoms with Crippen LogP contribution in [0.1, 0.15) is 18.9 Å². The minimum atomic E-state index is -0.319. The molecular formula is C21H22N4OS. The van der Waals surface area contributed by atoms with Gasteiger partial charge in [-0.2, -0.15) is 5.26 Å². The van der Waals surface area contributed by atoms with Crippen LogP contribution in [0.2, 0.25) is 0 Å². The number of para-hydroxylation sites is 2. The van der Waals surface area contributed by atoms with Gasteiger partial charge in [0, 0.05) is 19.3 Å². The van der Waals surface area contributed by atoms with Crippen LogP contribution in [0, 0.1) is 18.3 Å². The molecule has 0 radical (unpaired) electrons. The maximum atomic E-state index is 13.1. The molecule has 138 valence electrons. The van der Waals surface area contributed by atoms with Crippen LogP contribution >= 0.6 is 11.8 Å². The maximum Gasteiger partial charge on any atom is 0.240 e. The maximum absolute atomic E-state index is 13.1. The van der Waals surface area contributed by atoms with Gasteiger partial charge in [0.25, 0.3) is 0 Å². The lowest BCUT2D eigenvalue weighted by Crippen LogP contribution is -2.37. The summed E-state index contributed by atoms with van der Waals surface area (Å²) in [6, 6.07) is 17.9. The predicted molar refractivity (Wildman–Crippen MR) is 110 cm³/mol. The summed E-state index contributed by atoms with van der Waals surface area (Å²) in [5, 5.41) is 9.46. The SMILES string of the molecule is Cc1ccc(N(CCC#N)C(=O)C(C)Sc2nc3ccccc3n2C)cc1.